The van der Waals surface area contributed by atoms with Crippen molar-refractivity contribution in [2.24, 2.45) is 11.8 Å². The van der Waals surface area contributed by atoms with Gasteiger partial charge in [0.15, 0.2) is 0 Å². The Morgan fingerprint density at radius 3 is 2.53 bits per heavy atom. The fraction of sp³-hybridized carbons (Fsp3) is 0.208. The molecule has 0 spiro atoms. The van der Waals surface area contributed by atoms with Crippen LogP contribution in [0, 0.1) is 11.8 Å². The summed E-state index contributed by atoms with van der Waals surface area (Å²) < 4.78 is 5.78. The fourth-order valence-electron chi connectivity index (χ4n) is 3.18. The Morgan fingerprint density at radius 1 is 1.03 bits per heavy atom. The third-order valence-corrected chi connectivity index (χ3v) is 5.06. The monoisotopic (exact) mass is 401 g/mol. The Labute approximate surface area is 175 Å². The molecule has 152 valence electrons. The lowest BCUT2D eigenvalue weighted by atomic mass is 10.1. The average molecular weight is 401 g/mol. The van der Waals surface area contributed by atoms with E-state index < -0.39 is 0 Å². The van der Waals surface area contributed by atoms with Gasteiger partial charge in [0.25, 0.3) is 5.91 Å². The molecule has 1 heterocycles. The summed E-state index contributed by atoms with van der Waals surface area (Å²) in [4.78, 5) is 28.9. The summed E-state index contributed by atoms with van der Waals surface area (Å²) in [5, 5.41) is 5.77. The molecule has 1 aromatic heterocycles. The maximum atomic E-state index is 12.7. The zero-order valence-electron chi connectivity index (χ0n) is 16.7. The van der Waals surface area contributed by atoms with E-state index in [4.69, 9.17) is 4.74 Å². The van der Waals surface area contributed by atoms with Crippen molar-refractivity contribution >= 4 is 23.2 Å². The first-order valence-corrected chi connectivity index (χ1v) is 9.92. The summed E-state index contributed by atoms with van der Waals surface area (Å²) in [7, 11) is 0. The van der Waals surface area contributed by atoms with Gasteiger partial charge in [-0.25, -0.2) is 0 Å². The van der Waals surface area contributed by atoms with Gasteiger partial charge in [-0.1, -0.05) is 25.1 Å². The highest BCUT2D eigenvalue weighted by Gasteiger charge is 2.39. The second kappa shape index (κ2) is 8.78. The molecule has 6 nitrogen and oxygen atoms in total. The molecule has 4 rings (SSSR count). The molecule has 2 aromatic carbocycles. The van der Waals surface area contributed by atoms with Crippen LogP contribution in [-0.2, 0) is 11.4 Å². The SMILES string of the molecule is CC1CC1C(=O)Nc1cccc(C(=O)Nc2cccc(OCc3cccnc3)c2)c1. The highest BCUT2D eigenvalue weighted by molar-refractivity contribution is 6.05. The van der Waals surface area contributed by atoms with Crippen LogP contribution in [0.25, 0.3) is 0 Å². The van der Waals surface area contributed by atoms with Gasteiger partial charge in [0.1, 0.15) is 12.4 Å². The van der Waals surface area contributed by atoms with Crippen LogP contribution in [0.5, 0.6) is 5.75 Å². The number of rotatable bonds is 7. The number of nitrogens with one attached hydrogen (secondary N) is 2. The first-order valence-electron chi connectivity index (χ1n) is 9.92. The third kappa shape index (κ3) is 5.03. The Morgan fingerprint density at radius 2 is 1.80 bits per heavy atom. The smallest absolute Gasteiger partial charge is 0.255 e. The van der Waals surface area contributed by atoms with Crippen molar-refractivity contribution in [3.05, 3.63) is 84.2 Å². The normalized spacial score (nSPS) is 17.1. The van der Waals surface area contributed by atoms with E-state index in [0.29, 0.717) is 35.2 Å². The minimum absolute atomic E-state index is 0.0125. The number of aromatic nitrogens is 1. The molecule has 1 saturated carbocycles. The van der Waals surface area contributed by atoms with Crippen molar-refractivity contribution in [2.45, 2.75) is 20.0 Å². The Hall–Kier alpha value is -3.67. The molecule has 1 aliphatic rings. The molecule has 2 unspecified atom stereocenters. The topological polar surface area (TPSA) is 80.3 Å². The van der Waals surface area contributed by atoms with E-state index in [-0.39, 0.29) is 17.7 Å². The van der Waals surface area contributed by atoms with Crippen LogP contribution in [0.3, 0.4) is 0 Å². The van der Waals surface area contributed by atoms with Crippen LogP contribution in [-0.4, -0.2) is 16.8 Å². The lowest BCUT2D eigenvalue weighted by molar-refractivity contribution is -0.117. The summed E-state index contributed by atoms with van der Waals surface area (Å²) in [5.74, 6) is 0.922. The molecule has 2 N–H and O–H groups in total. The number of amides is 2. The van der Waals surface area contributed by atoms with E-state index in [2.05, 4.69) is 22.5 Å². The number of carbonyl (C=O) groups excluding carboxylic acids is 2. The van der Waals surface area contributed by atoms with Crippen molar-refractivity contribution < 1.29 is 14.3 Å². The predicted molar refractivity (Wildman–Crippen MR) is 115 cm³/mol. The van der Waals surface area contributed by atoms with E-state index >= 15 is 0 Å². The Bertz CT molecular complexity index is 1050. The summed E-state index contributed by atoms with van der Waals surface area (Å²) >= 11 is 0. The molecule has 1 fully saturated rings. The second-order valence-electron chi connectivity index (χ2n) is 7.52. The van der Waals surface area contributed by atoms with Crippen molar-refractivity contribution in [2.75, 3.05) is 10.6 Å². The van der Waals surface area contributed by atoms with Gasteiger partial charge in [-0.3, -0.25) is 14.6 Å². The van der Waals surface area contributed by atoms with E-state index in [1.807, 2.05) is 24.3 Å². The lowest BCUT2D eigenvalue weighted by Crippen LogP contribution is -2.16. The van der Waals surface area contributed by atoms with Crippen molar-refractivity contribution in [1.29, 1.82) is 0 Å². The second-order valence-corrected chi connectivity index (χ2v) is 7.52. The summed E-state index contributed by atoms with van der Waals surface area (Å²) in [6.45, 7) is 2.45. The molecular weight excluding hydrogens is 378 g/mol. The molecule has 0 aliphatic heterocycles. The number of ether oxygens (including phenoxy) is 1. The van der Waals surface area contributed by atoms with Crippen LogP contribution in [0.2, 0.25) is 0 Å². The Kier molecular flexibility index (Phi) is 5.75. The van der Waals surface area contributed by atoms with Crippen molar-refractivity contribution in [3.63, 3.8) is 0 Å². The maximum Gasteiger partial charge on any atom is 0.255 e. The van der Waals surface area contributed by atoms with Gasteiger partial charge in [0.05, 0.1) is 0 Å². The largest absolute Gasteiger partial charge is 0.489 e. The van der Waals surface area contributed by atoms with Gasteiger partial charge in [-0.2, -0.15) is 0 Å². The molecular formula is C24H23N3O3. The van der Waals surface area contributed by atoms with Crippen LogP contribution in [0.1, 0.15) is 29.3 Å². The van der Waals surface area contributed by atoms with Gasteiger partial charge in [0, 0.05) is 46.9 Å². The van der Waals surface area contributed by atoms with Crippen molar-refractivity contribution in [3.8, 4) is 5.75 Å². The molecule has 2 amide bonds. The molecule has 0 radical (unpaired) electrons. The Balaban J connectivity index is 1.37. The minimum atomic E-state index is -0.254. The zero-order chi connectivity index (χ0) is 20.9. The third-order valence-electron chi connectivity index (χ3n) is 5.06. The standard InChI is InChI=1S/C24H23N3O3/c1-16-11-22(16)24(29)27-19-7-2-6-18(12-19)23(28)26-20-8-3-9-21(13-20)30-15-17-5-4-10-25-14-17/h2-10,12-14,16,22H,11,15H2,1H3,(H,26,28)(H,27,29). The number of anilines is 2. The lowest BCUT2D eigenvalue weighted by Gasteiger charge is -2.10. The van der Waals surface area contributed by atoms with Crippen LogP contribution >= 0.6 is 0 Å². The average Bonchev–Trinajstić information content (AvgIpc) is 3.50. The van der Waals surface area contributed by atoms with Crippen LogP contribution < -0.4 is 15.4 Å². The molecule has 0 saturated heterocycles. The number of hydrogen-bond donors (Lipinski definition) is 2. The number of pyridine rings is 1. The number of carbonyl (C=O) groups is 2. The zero-order valence-corrected chi connectivity index (χ0v) is 16.7. The van der Waals surface area contributed by atoms with Gasteiger partial charge in [-0.15, -0.1) is 0 Å². The predicted octanol–water partition coefficient (Wildman–Crippen LogP) is 4.51. The molecule has 0 bridgehead atoms. The number of hydrogen-bond acceptors (Lipinski definition) is 4. The molecule has 3 aromatic rings. The van der Waals surface area contributed by atoms with Gasteiger partial charge in [-0.05, 0) is 48.7 Å². The molecule has 2 atom stereocenters. The summed E-state index contributed by atoms with van der Waals surface area (Å²) in [5.41, 5.74) is 2.69. The molecule has 1 aliphatic carbocycles. The van der Waals surface area contributed by atoms with E-state index in [1.54, 1.807) is 48.8 Å². The van der Waals surface area contributed by atoms with E-state index in [0.717, 1.165) is 12.0 Å². The number of benzene rings is 2. The van der Waals surface area contributed by atoms with Gasteiger partial charge < -0.3 is 15.4 Å². The summed E-state index contributed by atoms with van der Waals surface area (Å²) in [6.07, 6.45) is 4.39. The first-order chi connectivity index (χ1) is 14.6. The van der Waals surface area contributed by atoms with E-state index in [1.165, 1.54) is 0 Å². The van der Waals surface area contributed by atoms with Crippen LogP contribution in [0.15, 0.2) is 73.1 Å². The highest BCUT2D eigenvalue weighted by Crippen LogP contribution is 2.38. The first kappa shape index (κ1) is 19.6. The van der Waals surface area contributed by atoms with Gasteiger partial charge in [0.2, 0.25) is 5.91 Å². The minimum Gasteiger partial charge on any atom is -0.489 e. The fourth-order valence-corrected chi connectivity index (χ4v) is 3.18. The van der Waals surface area contributed by atoms with E-state index in [9.17, 15) is 9.59 Å². The van der Waals surface area contributed by atoms with Crippen molar-refractivity contribution in [1.82, 2.24) is 4.98 Å². The number of nitrogens with zero attached hydrogens (tertiary/aromatic N) is 1. The highest BCUT2D eigenvalue weighted by atomic mass is 16.5. The van der Waals surface area contributed by atoms with Gasteiger partial charge >= 0.3 is 0 Å². The molecule has 30 heavy (non-hydrogen) atoms. The molecule has 6 heteroatoms. The summed E-state index contributed by atoms with van der Waals surface area (Å²) in [6, 6.07) is 18.0. The maximum absolute atomic E-state index is 12.7. The van der Waals surface area contributed by atoms with Crippen LogP contribution in [0.4, 0.5) is 11.4 Å². The quantitative estimate of drug-likeness (QED) is 0.611.